The van der Waals surface area contributed by atoms with Crippen molar-refractivity contribution in [2.45, 2.75) is 114 Å². The molecular weight excluding hydrogens is 702 g/mol. The van der Waals surface area contributed by atoms with Crippen molar-refractivity contribution in [3.8, 4) is 5.75 Å². The second kappa shape index (κ2) is 16.5. The highest BCUT2D eigenvalue weighted by molar-refractivity contribution is 7.80. The summed E-state index contributed by atoms with van der Waals surface area (Å²) in [5.74, 6) is -6.94. The first-order valence-corrected chi connectivity index (χ1v) is 16.0. The van der Waals surface area contributed by atoms with E-state index in [1.54, 1.807) is 0 Å². The van der Waals surface area contributed by atoms with Crippen molar-refractivity contribution in [1.82, 2.24) is 0 Å². The van der Waals surface area contributed by atoms with Gasteiger partial charge in [-0.3, -0.25) is 33.6 Å². The first-order valence-electron chi connectivity index (χ1n) is 15.4. The number of carbonyl (C=O) groups excluding carboxylic acids is 7. The summed E-state index contributed by atoms with van der Waals surface area (Å²) in [6.07, 6.45) is -14.9. The number of hydrogen-bond donors (Lipinski definition) is 4. The molecular formula is C32H41NO17S. The van der Waals surface area contributed by atoms with Crippen molar-refractivity contribution in [1.29, 1.82) is 0 Å². The van der Waals surface area contributed by atoms with E-state index in [1.165, 1.54) is 24.3 Å². The van der Waals surface area contributed by atoms with Crippen molar-refractivity contribution in [2.75, 3.05) is 12.3 Å². The van der Waals surface area contributed by atoms with Crippen LogP contribution >= 0.6 is 12.6 Å². The summed E-state index contributed by atoms with van der Waals surface area (Å²) in [7, 11) is 0. The minimum atomic E-state index is -3.31. The van der Waals surface area contributed by atoms with Crippen molar-refractivity contribution in [3.05, 3.63) is 24.3 Å². The molecule has 0 amide bonds. The van der Waals surface area contributed by atoms with E-state index >= 15 is 0 Å². The number of Topliss-reactive ketones (excluding diaryl/α,β-unsaturated/α-hetero) is 3. The Bertz CT molecular complexity index is 1520. The standard InChI is InChI=1S/C32H41NO17S/c1-13(34)23(47-21-10-8-20(33)9-11-21)26-28(31(41,14(2)35)32(42,15(3)36)30(51)49-26)50-29-27(46-19(7)40)25(45-18(6)39)24(44-17(5)38)22(48-29)12-43-16(4)37/h8-11,22-30,41-42,51H,12,33H2,1-7H3/t22-,23?,24-,25+,26-,27-,28-,29+,30+,31+,32+/m1/s1. The Balaban J connectivity index is 2.30. The van der Waals surface area contributed by atoms with Gasteiger partial charge in [-0.1, -0.05) is 0 Å². The summed E-state index contributed by atoms with van der Waals surface area (Å²) in [6.45, 7) is 6.04. The molecule has 0 saturated carbocycles. The molecule has 0 spiro atoms. The van der Waals surface area contributed by atoms with Gasteiger partial charge in [0.05, 0.1) is 0 Å². The van der Waals surface area contributed by atoms with E-state index in [2.05, 4.69) is 12.6 Å². The number of aliphatic hydroxyl groups is 2. The fourth-order valence-corrected chi connectivity index (χ4v) is 6.31. The largest absolute Gasteiger partial charge is 0.480 e. The van der Waals surface area contributed by atoms with Crippen molar-refractivity contribution in [2.24, 2.45) is 0 Å². The van der Waals surface area contributed by atoms with E-state index in [0.717, 1.165) is 48.5 Å². The van der Waals surface area contributed by atoms with Crippen LogP contribution in [0.3, 0.4) is 0 Å². The summed E-state index contributed by atoms with van der Waals surface area (Å²) >= 11 is 4.18. The Hall–Kier alpha value is -4.14. The molecule has 19 heteroatoms. The Morgan fingerprint density at radius 1 is 0.765 bits per heavy atom. The fourth-order valence-electron chi connectivity index (χ4n) is 5.80. The average Bonchev–Trinajstić information content (AvgIpc) is 3.01. The summed E-state index contributed by atoms with van der Waals surface area (Å²) in [5, 5.41) is 24.0. The van der Waals surface area contributed by atoms with Crippen molar-refractivity contribution < 1.29 is 81.7 Å². The molecule has 2 fully saturated rings. The van der Waals surface area contributed by atoms with Crippen LogP contribution in [-0.4, -0.2) is 124 Å². The third-order valence-electron chi connectivity index (χ3n) is 8.08. The Morgan fingerprint density at radius 3 is 1.75 bits per heavy atom. The zero-order valence-corrected chi connectivity index (χ0v) is 29.6. The van der Waals surface area contributed by atoms with Crippen LogP contribution in [0.2, 0.25) is 0 Å². The zero-order chi connectivity index (χ0) is 38.6. The normalized spacial score (nSPS) is 32.4. The van der Waals surface area contributed by atoms with Gasteiger partial charge in [0.25, 0.3) is 0 Å². The van der Waals surface area contributed by atoms with Crippen LogP contribution < -0.4 is 10.5 Å². The molecule has 0 radical (unpaired) electrons. The van der Waals surface area contributed by atoms with Crippen LogP contribution in [0, 0.1) is 0 Å². The Labute approximate surface area is 297 Å². The van der Waals surface area contributed by atoms with Crippen LogP contribution in [0.25, 0.3) is 0 Å². The monoisotopic (exact) mass is 743 g/mol. The number of ketones is 3. The van der Waals surface area contributed by atoms with Gasteiger partial charge in [0.2, 0.25) is 0 Å². The third-order valence-corrected chi connectivity index (χ3v) is 8.57. The molecule has 282 valence electrons. The molecule has 11 atom stereocenters. The predicted molar refractivity (Wildman–Crippen MR) is 172 cm³/mol. The van der Waals surface area contributed by atoms with Crippen LogP contribution in [0.4, 0.5) is 5.69 Å². The molecule has 51 heavy (non-hydrogen) atoms. The highest BCUT2D eigenvalue weighted by Crippen LogP contribution is 2.45. The van der Waals surface area contributed by atoms with Crippen LogP contribution in [0.1, 0.15) is 48.5 Å². The lowest BCUT2D eigenvalue weighted by molar-refractivity contribution is -0.359. The first-order chi connectivity index (χ1) is 23.6. The predicted octanol–water partition coefficient (Wildman–Crippen LogP) is -0.632. The van der Waals surface area contributed by atoms with Gasteiger partial charge in [0.1, 0.15) is 36.1 Å². The van der Waals surface area contributed by atoms with E-state index in [9.17, 15) is 43.8 Å². The van der Waals surface area contributed by atoms with Gasteiger partial charge in [0.15, 0.2) is 59.3 Å². The van der Waals surface area contributed by atoms with Crippen LogP contribution in [0.5, 0.6) is 5.75 Å². The minimum absolute atomic E-state index is 0.0496. The van der Waals surface area contributed by atoms with Gasteiger partial charge in [-0.05, 0) is 45.0 Å². The highest BCUT2D eigenvalue weighted by atomic mass is 32.1. The Morgan fingerprint density at radius 2 is 1.27 bits per heavy atom. The zero-order valence-electron chi connectivity index (χ0n) is 28.8. The van der Waals surface area contributed by atoms with Gasteiger partial charge in [-0.15, -0.1) is 12.6 Å². The highest BCUT2D eigenvalue weighted by Gasteiger charge is 2.72. The molecule has 2 saturated heterocycles. The van der Waals surface area contributed by atoms with E-state index in [0.29, 0.717) is 5.69 Å². The van der Waals surface area contributed by atoms with Gasteiger partial charge in [0, 0.05) is 33.4 Å². The molecule has 2 heterocycles. The van der Waals surface area contributed by atoms with Gasteiger partial charge >= 0.3 is 23.9 Å². The van der Waals surface area contributed by atoms with E-state index in [-0.39, 0.29) is 5.75 Å². The Kier molecular flexibility index (Phi) is 13.3. The molecule has 2 aliphatic heterocycles. The second-order valence-electron chi connectivity index (χ2n) is 11.9. The van der Waals surface area contributed by atoms with Crippen LogP contribution in [-0.2, 0) is 66.7 Å². The third kappa shape index (κ3) is 8.85. The molecule has 4 N–H and O–H groups in total. The topological polar surface area (TPSA) is 260 Å². The number of thiol groups is 1. The van der Waals surface area contributed by atoms with E-state index in [4.69, 9.17) is 43.6 Å². The number of benzene rings is 1. The maximum atomic E-state index is 13.5. The lowest BCUT2D eigenvalue weighted by atomic mass is 9.69. The molecule has 0 aromatic heterocycles. The number of hydrogen-bond acceptors (Lipinski definition) is 19. The van der Waals surface area contributed by atoms with E-state index < -0.39 is 113 Å². The lowest BCUT2D eigenvalue weighted by Crippen LogP contribution is -2.80. The summed E-state index contributed by atoms with van der Waals surface area (Å²) in [6, 6.07) is 5.68. The lowest BCUT2D eigenvalue weighted by Gasteiger charge is -2.55. The van der Waals surface area contributed by atoms with Crippen molar-refractivity contribution in [3.63, 3.8) is 0 Å². The summed E-state index contributed by atoms with van der Waals surface area (Å²) < 4.78 is 45.2. The smallest absolute Gasteiger partial charge is 0.303 e. The molecule has 3 rings (SSSR count). The molecule has 0 bridgehead atoms. The van der Waals surface area contributed by atoms with Crippen molar-refractivity contribution >= 4 is 59.5 Å². The molecule has 1 aromatic carbocycles. The molecule has 2 aliphatic rings. The van der Waals surface area contributed by atoms with E-state index in [1.807, 2.05) is 0 Å². The summed E-state index contributed by atoms with van der Waals surface area (Å²) in [5.41, 5.74) is -2.36. The van der Waals surface area contributed by atoms with Gasteiger partial charge < -0.3 is 53.8 Å². The second-order valence-corrected chi connectivity index (χ2v) is 12.4. The maximum absolute atomic E-state index is 13.5. The number of esters is 4. The number of nitrogens with two attached hydrogens (primary N) is 1. The maximum Gasteiger partial charge on any atom is 0.303 e. The van der Waals surface area contributed by atoms with Gasteiger partial charge in [-0.25, -0.2) is 0 Å². The average molecular weight is 744 g/mol. The van der Waals surface area contributed by atoms with Crippen LogP contribution in [0.15, 0.2) is 24.3 Å². The molecule has 18 nitrogen and oxygen atoms in total. The van der Waals surface area contributed by atoms with Gasteiger partial charge in [-0.2, -0.15) is 0 Å². The number of anilines is 1. The molecule has 1 aromatic rings. The number of rotatable bonds is 13. The molecule has 0 aliphatic carbocycles. The number of nitrogen functional groups attached to an aromatic ring is 1. The quantitative estimate of drug-likeness (QED) is 0.0848. The fraction of sp³-hybridized carbons (Fsp3) is 0.594. The molecule has 1 unspecified atom stereocenters. The summed E-state index contributed by atoms with van der Waals surface area (Å²) in [4.78, 5) is 88.4. The number of carbonyl (C=O) groups is 7. The minimum Gasteiger partial charge on any atom is -0.480 e. The number of ether oxygens (including phenoxy) is 8. The first kappa shape index (κ1) is 41.3. The SMILES string of the molecule is CC(=O)OC[C@H]1O[C@@H](O[C@@H]2[C@@H](C(Oc3ccc(N)cc3)C(C)=O)O[C@@H](S)[C@@](O)(C(C)=O)[C@]2(O)C(C)=O)[C@H](OC(C)=O)[C@@H](OC(C)=O)[C@@H]1OC(C)=O.